The van der Waals surface area contributed by atoms with E-state index in [2.05, 4.69) is 45.5 Å². The minimum Gasteiger partial charge on any atom is -0.478 e. The number of pyridine rings is 1. The fourth-order valence-electron chi connectivity index (χ4n) is 4.03. The Morgan fingerprint density at radius 2 is 1.71 bits per heavy atom. The zero-order chi connectivity index (χ0) is 21.5. The molecule has 1 aliphatic rings. The Morgan fingerprint density at radius 3 is 2.42 bits per heavy atom. The van der Waals surface area contributed by atoms with Crippen LogP contribution < -0.4 is 10.1 Å². The Bertz CT molecular complexity index is 981. The van der Waals surface area contributed by atoms with Crippen LogP contribution in [-0.4, -0.2) is 35.5 Å². The molecule has 1 amide bonds. The highest BCUT2D eigenvalue weighted by Crippen LogP contribution is 2.25. The predicted molar refractivity (Wildman–Crippen MR) is 124 cm³/mol. The van der Waals surface area contributed by atoms with Gasteiger partial charge >= 0.3 is 0 Å². The molecule has 1 N–H and O–H groups in total. The summed E-state index contributed by atoms with van der Waals surface area (Å²) in [6.45, 7) is 5.17. The van der Waals surface area contributed by atoms with Crippen LogP contribution in [-0.2, 0) is 11.3 Å². The summed E-state index contributed by atoms with van der Waals surface area (Å²) in [5.74, 6) is 0.873. The van der Waals surface area contributed by atoms with Gasteiger partial charge in [-0.3, -0.25) is 9.69 Å². The van der Waals surface area contributed by atoms with Crippen LogP contribution in [0.3, 0.4) is 0 Å². The van der Waals surface area contributed by atoms with Crippen molar-refractivity contribution in [2.24, 2.45) is 5.92 Å². The van der Waals surface area contributed by atoms with Gasteiger partial charge in [0.05, 0.1) is 6.61 Å². The van der Waals surface area contributed by atoms with E-state index in [-0.39, 0.29) is 11.8 Å². The molecule has 0 saturated carbocycles. The third-order valence-corrected chi connectivity index (χ3v) is 5.74. The molecule has 0 atom stereocenters. The lowest BCUT2D eigenvalue weighted by molar-refractivity contribution is -0.121. The quantitative estimate of drug-likeness (QED) is 0.590. The van der Waals surface area contributed by atoms with Crippen LogP contribution in [0.15, 0.2) is 72.9 Å². The van der Waals surface area contributed by atoms with Crippen LogP contribution in [0.1, 0.15) is 25.3 Å². The molecule has 160 valence electrons. The first-order chi connectivity index (χ1) is 15.2. The van der Waals surface area contributed by atoms with Gasteiger partial charge < -0.3 is 10.1 Å². The summed E-state index contributed by atoms with van der Waals surface area (Å²) in [5.41, 5.74) is 4.28. The van der Waals surface area contributed by atoms with Gasteiger partial charge in [-0.05, 0) is 62.2 Å². The molecular weight excluding hydrogens is 386 g/mol. The van der Waals surface area contributed by atoms with Crippen molar-refractivity contribution in [3.05, 3.63) is 78.5 Å². The van der Waals surface area contributed by atoms with Crippen molar-refractivity contribution in [3.8, 4) is 17.0 Å². The summed E-state index contributed by atoms with van der Waals surface area (Å²) < 4.78 is 5.64. The number of carbonyl (C=O) groups excluding carboxylic acids is 1. The van der Waals surface area contributed by atoms with E-state index in [0.29, 0.717) is 12.5 Å². The lowest BCUT2D eigenvalue weighted by atomic mass is 9.95. The molecule has 3 aromatic rings. The minimum atomic E-state index is 0.0466. The van der Waals surface area contributed by atoms with Crippen LogP contribution in [0, 0.1) is 5.92 Å². The van der Waals surface area contributed by atoms with Crippen LogP contribution in [0.2, 0.25) is 0 Å². The number of nitrogens with one attached hydrogen (secondary N) is 1. The zero-order valence-electron chi connectivity index (χ0n) is 18.0. The number of hydrogen-bond donors (Lipinski definition) is 1. The van der Waals surface area contributed by atoms with E-state index in [1.807, 2.05) is 43.3 Å². The number of carbonyl (C=O) groups is 1. The number of rotatable bonds is 7. The predicted octanol–water partition coefficient (Wildman–Crippen LogP) is 5.00. The molecule has 31 heavy (non-hydrogen) atoms. The summed E-state index contributed by atoms with van der Waals surface area (Å²) in [7, 11) is 0. The van der Waals surface area contributed by atoms with Gasteiger partial charge in [0, 0.05) is 29.9 Å². The minimum absolute atomic E-state index is 0.0466. The number of ether oxygens (including phenoxy) is 1. The van der Waals surface area contributed by atoms with E-state index in [4.69, 9.17) is 4.74 Å². The molecule has 0 unspecified atom stereocenters. The zero-order valence-corrected chi connectivity index (χ0v) is 18.0. The van der Waals surface area contributed by atoms with Gasteiger partial charge in [-0.25, -0.2) is 4.98 Å². The van der Waals surface area contributed by atoms with Crippen LogP contribution in [0.4, 0.5) is 5.69 Å². The van der Waals surface area contributed by atoms with Gasteiger partial charge in [0.1, 0.15) is 0 Å². The smallest absolute Gasteiger partial charge is 0.227 e. The topological polar surface area (TPSA) is 54.5 Å². The third-order valence-electron chi connectivity index (χ3n) is 5.74. The first kappa shape index (κ1) is 21.1. The molecule has 5 nitrogen and oxygen atoms in total. The molecule has 0 spiro atoms. The average molecular weight is 416 g/mol. The summed E-state index contributed by atoms with van der Waals surface area (Å²) >= 11 is 0. The Morgan fingerprint density at radius 1 is 1.00 bits per heavy atom. The number of hydrogen-bond acceptors (Lipinski definition) is 4. The van der Waals surface area contributed by atoms with Gasteiger partial charge in [-0.2, -0.15) is 0 Å². The van der Waals surface area contributed by atoms with Gasteiger partial charge in [0.25, 0.3) is 0 Å². The van der Waals surface area contributed by atoms with Crippen molar-refractivity contribution in [2.75, 3.05) is 25.0 Å². The first-order valence-electron chi connectivity index (χ1n) is 11.0. The van der Waals surface area contributed by atoms with Crippen molar-refractivity contribution in [2.45, 2.75) is 26.3 Å². The van der Waals surface area contributed by atoms with E-state index in [1.165, 1.54) is 5.56 Å². The van der Waals surface area contributed by atoms with Crippen molar-refractivity contribution in [3.63, 3.8) is 0 Å². The van der Waals surface area contributed by atoms with E-state index >= 15 is 0 Å². The van der Waals surface area contributed by atoms with E-state index in [1.54, 1.807) is 6.20 Å². The SMILES string of the molecule is CCOc1ncccc1CN1CCC(C(=O)Nc2ccc(-c3ccccc3)cc2)CC1. The number of aromatic nitrogens is 1. The molecule has 0 aliphatic carbocycles. The monoisotopic (exact) mass is 415 g/mol. The Balaban J connectivity index is 1.29. The Labute approximate surface area is 184 Å². The second-order valence-corrected chi connectivity index (χ2v) is 7.88. The van der Waals surface area contributed by atoms with Gasteiger partial charge in [0.2, 0.25) is 11.8 Å². The van der Waals surface area contributed by atoms with Crippen molar-refractivity contribution in [1.82, 2.24) is 9.88 Å². The summed E-state index contributed by atoms with van der Waals surface area (Å²) in [6.07, 6.45) is 3.48. The lowest BCUT2D eigenvalue weighted by Crippen LogP contribution is -2.37. The Hall–Kier alpha value is -3.18. The molecule has 1 aromatic heterocycles. The standard InChI is InChI=1S/C26H29N3O2/c1-2-31-26-23(9-6-16-27-26)19-29-17-14-22(15-18-29)25(30)28-24-12-10-21(11-13-24)20-7-4-3-5-8-20/h3-13,16,22H,2,14-15,17-19H2,1H3,(H,28,30). The van der Waals surface area contributed by atoms with Crippen LogP contribution >= 0.6 is 0 Å². The molecule has 0 radical (unpaired) electrons. The number of likely N-dealkylation sites (tertiary alicyclic amines) is 1. The molecule has 1 fully saturated rings. The highest BCUT2D eigenvalue weighted by molar-refractivity contribution is 5.92. The first-order valence-corrected chi connectivity index (χ1v) is 11.0. The molecule has 5 heteroatoms. The maximum absolute atomic E-state index is 12.8. The number of benzene rings is 2. The maximum atomic E-state index is 12.8. The highest BCUT2D eigenvalue weighted by Gasteiger charge is 2.25. The molecule has 2 aromatic carbocycles. The van der Waals surface area contributed by atoms with Crippen LogP contribution in [0.5, 0.6) is 5.88 Å². The van der Waals surface area contributed by atoms with E-state index < -0.39 is 0 Å². The second kappa shape index (κ2) is 10.2. The normalized spacial score (nSPS) is 14.9. The second-order valence-electron chi connectivity index (χ2n) is 7.88. The molecule has 0 bridgehead atoms. The van der Waals surface area contributed by atoms with E-state index in [9.17, 15) is 4.79 Å². The van der Waals surface area contributed by atoms with Crippen LogP contribution in [0.25, 0.3) is 11.1 Å². The number of amides is 1. The molecule has 1 aliphatic heterocycles. The van der Waals surface area contributed by atoms with Crippen molar-refractivity contribution >= 4 is 11.6 Å². The van der Waals surface area contributed by atoms with Gasteiger partial charge in [-0.15, -0.1) is 0 Å². The summed E-state index contributed by atoms with van der Waals surface area (Å²) in [6, 6.07) is 22.3. The van der Waals surface area contributed by atoms with E-state index in [0.717, 1.165) is 49.3 Å². The highest BCUT2D eigenvalue weighted by atomic mass is 16.5. The average Bonchev–Trinajstić information content (AvgIpc) is 2.82. The van der Waals surface area contributed by atoms with Crippen molar-refractivity contribution < 1.29 is 9.53 Å². The number of piperidine rings is 1. The maximum Gasteiger partial charge on any atom is 0.227 e. The van der Waals surface area contributed by atoms with Gasteiger partial charge in [0.15, 0.2) is 0 Å². The fraction of sp³-hybridized carbons (Fsp3) is 0.308. The molecular formula is C26H29N3O2. The largest absolute Gasteiger partial charge is 0.478 e. The third kappa shape index (κ3) is 5.50. The fourth-order valence-corrected chi connectivity index (χ4v) is 4.03. The van der Waals surface area contributed by atoms with Gasteiger partial charge in [-0.1, -0.05) is 48.5 Å². The molecule has 4 rings (SSSR count). The number of nitrogens with zero attached hydrogens (tertiary/aromatic N) is 2. The summed E-state index contributed by atoms with van der Waals surface area (Å²) in [5, 5.41) is 3.09. The lowest BCUT2D eigenvalue weighted by Gasteiger charge is -2.31. The number of anilines is 1. The van der Waals surface area contributed by atoms with Crippen molar-refractivity contribution in [1.29, 1.82) is 0 Å². The summed E-state index contributed by atoms with van der Waals surface area (Å²) in [4.78, 5) is 19.5. The molecule has 1 saturated heterocycles. The Kier molecular flexibility index (Phi) is 6.95. The molecule has 2 heterocycles.